The zero-order chi connectivity index (χ0) is 20.1. The number of hydrogen-bond donors (Lipinski definition) is 2. The summed E-state index contributed by atoms with van der Waals surface area (Å²) < 4.78 is 32.9. The van der Waals surface area contributed by atoms with Crippen LogP contribution in [0.3, 0.4) is 0 Å². The van der Waals surface area contributed by atoms with Crippen molar-refractivity contribution >= 4 is 38.2 Å². The van der Waals surface area contributed by atoms with Gasteiger partial charge in [0.15, 0.2) is 0 Å². The fraction of sp³-hybridized carbons (Fsp3) is 0.250. The smallest absolute Gasteiger partial charge is 0.244 e. The summed E-state index contributed by atoms with van der Waals surface area (Å²) in [7, 11) is -2.18. The summed E-state index contributed by atoms with van der Waals surface area (Å²) in [6, 6.07) is 12.5. The van der Waals surface area contributed by atoms with E-state index in [9.17, 15) is 8.42 Å². The molecular weight excluding hydrogens is 398 g/mol. The predicted molar refractivity (Wildman–Crippen MR) is 113 cm³/mol. The molecule has 28 heavy (non-hydrogen) atoms. The molecule has 8 heteroatoms. The van der Waals surface area contributed by atoms with Gasteiger partial charge in [0.1, 0.15) is 10.6 Å². The Morgan fingerprint density at radius 2 is 1.93 bits per heavy atom. The highest BCUT2D eigenvalue weighted by molar-refractivity contribution is 7.89. The number of benzene rings is 2. The third-order valence-corrected chi connectivity index (χ3v) is 5.99. The van der Waals surface area contributed by atoms with Gasteiger partial charge in [-0.2, -0.15) is 0 Å². The molecule has 0 amide bonds. The van der Waals surface area contributed by atoms with Crippen molar-refractivity contribution in [3.8, 4) is 5.75 Å². The molecule has 1 aromatic heterocycles. The number of aromatic nitrogens is 1. The normalized spacial score (nSPS) is 11.5. The Hall–Kier alpha value is -2.35. The lowest BCUT2D eigenvalue weighted by Crippen LogP contribution is -2.26. The van der Waals surface area contributed by atoms with Crippen LogP contribution in [0.15, 0.2) is 53.6 Å². The van der Waals surface area contributed by atoms with Crippen molar-refractivity contribution in [2.24, 2.45) is 0 Å². The molecule has 1 heterocycles. The van der Waals surface area contributed by atoms with Gasteiger partial charge >= 0.3 is 0 Å². The zero-order valence-electron chi connectivity index (χ0n) is 15.7. The first-order valence-electron chi connectivity index (χ1n) is 8.83. The van der Waals surface area contributed by atoms with Crippen molar-refractivity contribution in [3.63, 3.8) is 0 Å². The third-order valence-electron chi connectivity index (χ3n) is 4.27. The second-order valence-corrected chi connectivity index (χ2v) is 8.52. The predicted octanol–water partition coefficient (Wildman–Crippen LogP) is 3.99. The number of nitrogens with zero attached hydrogens (tertiary/aromatic N) is 1. The van der Waals surface area contributed by atoms with E-state index < -0.39 is 10.0 Å². The molecule has 148 valence electrons. The van der Waals surface area contributed by atoms with E-state index in [2.05, 4.69) is 15.0 Å². The number of fused-ring (bicyclic) bond motifs is 1. The minimum atomic E-state index is -3.64. The van der Waals surface area contributed by atoms with Crippen LogP contribution < -0.4 is 14.8 Å². The monoisotopic (exact) mass is 419 g/mol. The van der Waals surface area contributed by atoms with Crippen LogP contribution in [0.2, 0.25) is 5.02 Å². The number of sulfonamides is 1. The van der Waals surface area contributed by atoms with Gasteiger partial charge in [0.2, 0.25) is 10.0 Å². The molecule has 0 saturated heterocycles. The minimum absolute atomic E-state index is 0.153. The van der Waals surface area contributed by atoms with Crippen molar-refractivity contribution in [2.75, 3.05) is 25.5 Å². The van der Waals surface area contributed by atoms with Crippen molar-refractivity contribution in [2.45, 2.75) is 18.2 Å². The highest BCUT2D eigenvalue weighted by Crippen LogP contribution is 2.25. The molecule has 3 rings (SSSR count). The van der Waals surface area contributed by atoms with Gasteiger partial charge in [0.25, 0.3) is 0 Å². The average Bonchev–Trinajstić information content (AvgIpc) is 2.67. The number of nitrogens with one attached hydrogen (secondary N) is 2. The Bertz CT molecular complexity index is 1090. The van der Waals surface area contributed by atoms with Crippen LogP contribution in [0, 0.1) is 6.92 Å². The average molecular weight is 420 g/mol. The van der Waals surface area contributed by atoms with E-state index in [0.29, 0.717) is 30.3 Å². The maximum Gasteiger partial charge on any atom is 0.244 e. The molecule has 0 radical (unpaired) electrons. The number of halogens is 1. The maximum absolute atomic E-state index is 12.6. The van der Waals surface area contributed by atoms with E-state index in [0.717, 1.165) is 22.2 Å². The SMILES string of the molecule is COc1ccc(C)cc1S(=O)(=O)NCCCNc1ccnc2cc(Cl)ccc12. The number of aryl methyl sites for hydroxylation is 1. The summed E-state index contributed by atoms with van der Waals surface area (Å²) in [5.41, 5.74) is 2.60. The van der Waals surface area contributed by atoms with Crippen LogP contribution in [-0.4, -0.2) is 33.6 Å². The first-order chi connectivity index (χ1) is 13.4. The van der Waals surface area contributed by atoms with Crippen LogP contribution in [0.25, 0.3) is 10.9 Å². The van der Waals surface area contributed by atoms with Crippen molar-refractivity contribution in [1.29, 1.82) is 0 Å². The van der Waals surface area contributed by atoms with E-state index >= 15 is 0 Å². The standard InChI is InChI=1S/C20H22ClN3O3S/c1-14-4-7-19(27-2)20(12-14)28(25,26)24-10-3-9-22-17-8-11-23-18-13-15(21)5-6-16(17)18/h4-8,11-13,24H,3,9-10H2,1-2H3,(H,22,23). The van der Waals surface area contributed by atoms with Crippen molar-refractivity contribution in [3.05, 3.63) is 59.2 Å². The summed E-state index contributed by atoms with van der Waals surface area (Å²) in [4.78, 5) is 4.46. The Balaban J connectivity index is 1.59. The van der Waals surface area contributed by atoms with Crippen LogP contribution in [0.5, 0.6) is 5.75 Å². The van der Waals surface area contributed by atoms with Gasteiger partial charge < -0.3 is 10.1 Å². The summed E-state index contributed by atoms with van der Waals surface area (Å²) >= 11 is 6.01. The lowest BCUT2D eigenvalue weighted by molar-refractivity contribution is 0.402. The van der Waals surface area contributed by atoms with E-state index in [1.165, 1.54) is 7.11 Å². The van der Waals surface area contributed by atoms with Gasteiger partial charge in [-0.05, 0) is 55.3 Å². The molecule has 2 N–H and O–H groups in total. The third kappa shape index (κ3) is 4.73. The zero-order valence-corrected chi connectivity index (χ0v) is 17.3. The number of rotatable bonds is 8. The van der Waals surface area contributed by atoms with Gasteiger partial charge in [-0.3, -0.25) is 4.98 Å². The fourth-order valence-corrected chi connectivity index (χ4v) is 4.36. The number of methoxy groups -OCH3 is 1. The van der Waals surface area contributed by atoms with Crippen molar-refractivity contribution in [1.82, 2.24) is 9.71 Å². The highest BCUT2D eigenvalue weighted by atomic mass is 35.5. The summed E-state index contributed by atoms with van der Waals surface area (Å²) in [5, 5.41) is 4.93. The lowest BCUT2D eigenvalue weighted by atomic mass is 10.2. The first kappa shape index (κ1) is 20.4. The van der Waals surface area contributed by atoms with E-state index in [1.54, 1.807) is 18.3 Å². The van der Waals surface area contributed by atoms with Gasteiger partial charge in [-0.25, -0.2) is 13.1 Å². The van der Waals surface area contributed by atoms with Crippen LogP contribution in [0.1, 0.15) is 12.0 Å². The largest absolute Gasteiger partial charge is 0.495 e. The molecule has 0 aliphatic heterocycles. The summed E-state index contributed by atoms with van der Waals surface area (Å²) in [6.45, 7) is 2.76. The molecule has 3 aromatic rings. The first-order valence-corrected chi connectivity index (χ1v) is 10.7. The van der Waals surface area contributed by atoms with Gasteiger partial charge in [-0.1, -0.05) is 17.7 Å². The van der Waals surface area contributed by atoms with Crippen LogP contribution in [-0.2, 0) is 10.0 Å². The van der Waals surface area contributed by atoms with E-state index in [-0.39, 0.29) is 4.90 Å². The molecule has 0 fully saturated rings. The second kappa shape index (κ2) is 8.77. The van der Waals surface area contributed by atoms with Crippen molar-refractivity contribution < 1.29 is 13.2 Å². The lowest BCUT2D eigenvalue weighted by Gasteiger charge is -2.12. The fourth-order valence-electron chi connectivity index (χ4n) is 2.87. The molecule has 0 bridgehead atoms. The Labute approximate surface area is 169 Å². The number of hydrogen-bond acceptors (Lipinski definition) is 5. The molecule has 0 saturated carbocycles. The molecule has 6 nitrogen and oxygen atoms in total. The Kier molecular flexibility index (Phi) is 6.39. The number of ether oxygens (including phenoxy) is 1. The number of anilines is 1. The Morgan fingerprint density at radius 1 is 1.11 bits per heavy atom. The van der Waals surface area contributed by atoms with Gasteiger partial charge in [-0.15, -0.1) is 0 Å². The minimum Gasteiger partial charge on any atom is -0.495 e. The molecule has 0 aliphatic carbocycles. The molecule has 0 spiro atoms. The molecular formula is C20H22ClN3O3S. The van der Waals surface area contributed by atoms with Gasteiger partial charge in [0.05, 0.1) is 12.6 Å². The van der Waals surface area contributed by atoms with E-state index in [4.69, 9.17) is 16.3 Å². The van der Waals surface area contributed by atoms with E-state index in [1.807, 2.05) is 37.3 Å². The van der Waals surface area contributed by atoms with Crippen LogP contribution >= 0.6 is 11.6 Å². The van der Waals surface area contributed by atoms with Crippen LogP contribution in [0.4, 0.5) is 5.69 Å². The molecule has 0 aliphatic rings. The number of pyridine rings is 1. The molecule has 2 aromatic carbocycles. The summed E-state index contributed by atoms with van der Waals surface area (Å²) in [5.74, 6) is 0.332. The summed E-state index contributed by atoms with van der Waals surface area (Å²) in [6.07, 6.45) is 2.33. The Morgan fingerprint density at radius 3 is 2.71 bits per heavy atom. The highest BCUT2D eigenvalue weighted by Gasteiger charge is 2.19. The second-order valence-electron chi connectivity index (χ2n) is 6.35. The molecule has 0 atom stereocenters. The molecule has 0 unspecified atom stereocenters. The maximum atomic E-state index is 12.6. The quantitative estimate of drug-likeness (QED) is 0.540. The topological polar surface area (TPSA) is 80.3 Å². The van der Waals surface area contributed by atoms with Gasteiger partial charge in [0, 0.05) is 35.4 Å².